The standard InChI is InChI=1S/C4Br2F6/c5-1(3(7,8)9)2(6)4(10,11)12. The van der Waals surface area contributed by atoms with Crippen LogP contribution in [0, 0.1) is 0 Å². The lowest BCUT2D eigenvalue weighted by Crippen LogP contribution is -2.15. The topological polar surface area (TPSA) is 0 Å². The van der Waals surface area contributed by atoms with Crippen molar-refractivity contribution in [1.29, 1.82) is 0 Å². The number of hydrogen-bond donors (Lipinski definition) is 0. The summed E-state index contributed by atoms with van der Waals surface area (Å²) in [5.41, 5.74) is 0. The monoisotopic (exact) mass is 320 g/mol. The normalized spacial score (nSPS) is 16.0. The Hall–Kier alpha value is 0.280. The van der Waals surface area contributed by atoms with Gasteiger partial charge in [-0.3, -0.25) is 0 Å². The minimum atomic E-state index is -5.03. The molecule has 8 heteroatoms. The Bertz CT molecular complexity index is 177. The second-order valence-corrected chi connectivity index (χ2v) is 3.21. The molecule has 0 aromatic heterocycles. The van der Waals surface area contributed by atoms with Crippen LogP contribution in [0.5, 0.6) is 0 Å². The smallest absolute Gasteiger partial charge is 0.166 e. The van der Waals surface area contributed by atoms with Crippen LogP contribution in [-0.4, -0.2) is 12.4 Å². The van der Waals surface area contributed by atoms with Gasteiger partial charge >= 0.3 is 12.4 Å². The van der Waals surface area contributed by atoms with E-state index in [1.54, 1.807) is 31.9 Å². The first-order valence-electron chi connectivity index (χ1n) is 2.26. The highest BCUT2D eigenvalue weighted by Gasteiger charge is 2.43. The second-order valence-electron chi connectivity index (χ2n) is 1.62. The van der Waals surface area contributed by atoms with E-state index >= 15 is 0 Å². The van der Waals surface area contributed by atoms with Crippen molar-refractivity contribution in [3.63, 3.8) is 0 Å². The van der Waals surface area contributed by atoms with Gasteiger partial charge in [0.05, 0.1) is 0 Å². The predicted octanol–water partition coefficient (Wildman–Crippen LogP) is 4.11. The molecule has 0 aliphatic heterocycles. The van der Waals surface area contributed by atoms with E-state index in [1.807, 2.05) is 0 Å². The number of alkyl halides is 6. The van der Waals surface area contributed by atoms with Crippen LogP contribution >= 0.6 is 31.9 Å². The summed E-state index contributed by atoms with van der Waals surface area (Å²) in [6, 6.07) is 0. The van der Waals surface area contributed by atoms with Gasteiger partial charge in [-0.05, 0) is 31.9 Å². The number of allylic oxidation sites excluding steroid dienone is 2. The molecular weight excluding hydrogens is 322 g/mol. The summed E-state index contributed by atoms with van der Waals surface area (Å²) < 4.78 is 65.8. The molecule has 0 aliphatic carbocycles. The lowest BCUT2D eigenvalue weighted by Gasteiger charge is -2.10. The van der Waals surface area contributed by atoms with E-state index in [0.717, 1.165) is 0 Å². The molecule has 0 aromatic rings. The van der Waals surface area contributed by atoms with Crippen molar-refractivity contribution >= 4 is 31.9 Å². The quantitative estimate of drug-likeness (QED) is 0.589. The van der Waals surface area contributed by atoms with Gasteiger partial charge in [0.2, 0.25) is 0 Å². The van der Waals surface area contributed by atoms with Crippen molar-refractivity contribution in [3.8, 4) is 0 Å². The molecule has 12 heavy (non-hydrogen) atoms. The van der Waals surface area contributed by atoms with Gasteiger partial charge in [-0.2, -0.15) is 26.3 Å². The molecule has 0 atom stereocenters. The van der Waals surface area contributed by atoms with E-state index in [2.05, 4.69) is 0 Å². The van der Waals surface area contributed by atoms with Gasteiger partial charge in [-0.15, -0.1) is 0 Å². The van der Waals surface area contributed by atoms with Gasteiger partial charge in [0.25, 0.3) is 0 Å². The zero-order valence-corrected chi connectivity index (χ0v) is 8.20. The number of halogens is 8. The lowest BCUT2D eigenvalue weighted by atomic mass is 10.5. The molecule has 0 bridgehead atoms. The van der Waals surface area contributed by atoms with Crippen LogP contribution in [0.4, 0.5) is 26.3 Å². The predicted molar refractivity (Wildman–Crippen MR) is 37.0 cm³/mol. The second kappa shape index (κ2) is 3.57. The van der Waals surface area contributed by atoms with Crippen LogP contribution in [0.25, 0.3) is 0 Å². The van der Waals surface area contributed by atoms with E-state index in [1.165, 1.54) is 0 Å². The molecular formula is C4Br2F6. The highest BCUT2D eigenvalue weighted by atomic mass is 79.9. The molecule has 0 N–H and O–H groups in total. The zero-order valence-electron chi connectivity index (χ0n) is 5.02. The van der Waals surface area contributed by atoms with Crippen molar-refractivity contribution < 1.29 is 26.3 Å². The summed E-state index contributed by atoms with van der Waals surface area (Å²) >= 11 is 3.57. The SMILES string of the molecule is FC(F)(F)C(Br)=C(Br)C(F)(F)F. The van der Waals surface area contributed by atoms with Gasteiger partial charge in [0, 0.05) is 0 Å². The van der Waals surface area contributed by atoms with Gasteiger partial charge in [-0.1, -0.05) is 0 Å². The first kappa shape index (κ1) is 12.3. The molecule has 0 fully saturated rings. The van der Waals surface area contributed by atoms with Crippen molar-refractivity contribution in [2.45, 2.75) is 12.4 Å². The van der Waals surface area contributed by atoms with Gasteiger partial charge in [0.15, 0.2) is 0 Å². The van der Waals surface area contributed by atoms with E-state index in [9.17, 15) is 26.3 Å². The maximum Gasteiger partial charge on any atom is 0.423 e. The summed E-state index contributed by atoms with van der Waals surface area (Å²) in [6.07, 6.45) is -10.1. The molecule has 0 amide bonds. The van der Waals surface area contributed by atoms with Crippen molar-refractivity contribution in [2.75, 3.05) is 0 Å². The molecule has 0 heterocycles. The largest absolute Gasteiger partial charge is 0.423 e. The van der Waals surface area contributed by atoms with Crippen molar-refractivity contribution in [2.24, 2.45) is 0 Å². The number of hydrogen-bond acceptors (Lipinski definition) is 0. The van der Waals surface area contributed by atoms with Gasteiger partial charge in [0.1, 0.15) is 8.96 Å². The highest BCUT2D eigenvalue weighted by molar-refractivity contribution is 9.14. The van der Waals surface area contributed by atoms with Crippen LogP contribution in [-0.2, 0) is 0 Å². The van der Waals surface area contributed by atoms with E-state index in [0.29, 0.717) is 0 Å². The Morgan fingerprint density at radius 2 is 0.833 bits per heavy atom. The minimum Gasteiger partial charge on any atom is -0.166 e. The third kappa shape index (κ3) is 3.34. The fourth-order valence-electron chi connectivity index (χ4n) is 0.249. The average molecular weight is 322 g/mol. The fourth-order valence-corrected chi connectivity index (χ4v) is 0.698. The van der Waals surface area contributed by atoms with Crippen LogP contribution in [0.2, 0.25) is 0 Å². The molecule has 0 saturated carbocycles. The molecule has 0 radical (unpaired) electrons. The van der Waals surface area contributed by atoms with Crippen LogP contribution in [0.15, 0.2) is 8.96 Å². The molecule has 72 valence electrons. The zero-order chi connectivity index (χ0) is 10.2. The van der Waals surface area contributed by atoms with Gasteiger partial charge in [-0.25, -0.2) is 0 Å². The van der Waals surface area contributed by atoms with E-state index in [4.69, 9.17) is 0 Å². The Balaban J connectivity index is 4.96. The van der Waals surface area contributed by atoms with Crippen molar-refractivity contribution in [3.05, 3.63) is 8.96 Å². The van der Waals surface area contributed by atoms with Crippen LogP contribution in [0.3, 0.4) is 0 Å². The third-order valence-corrected chi connectivity index (χ3v) is 2.91. The van der Waals surface area contributed by atoms with Crippen LogP contribution < -0.4 is 0 Å². The highest BCUT2D eigenvalue weighted by Crippen LogP contribution is 2.42. The molecule has 0 saturated heterocycles. The minimum absolute atomic E-state index is 1.79. The maximum absolute atomic E-state index is 11.6. The summed E-state index contributed by atoms with van der Waals surface area (Å²) in [5.74, 6) is 0. The summed E-state index contributed by atoms with van der Waals surface area (Å²) in [5, 5.41) is 0. The van der Waals surface area contributed by atoms with Crippen molar-refractivity contribution in [1.82, 2.24) is 0 Å². The Morgan fingerprint density at radius 3 is 0.917 bits per heavy atom. The Labute approximate surface area is 79.9 Å². The third-order valence-electron chi connectivity index (χ3n) is 0.690. The molecule has 0 aliphatic rings. The summed E-state index contributed by atoms with van der Waals surface area (Å²) in [7, 11) is 0. The molecule has 0 rings (SSSR count). The first-order chi connectivity index (χ1) is 5.07. The van der Waals surface area contributed by atoms with E-state index in [-0.39, 0.29) is 0 Å². The average Bonchev–Trinajstić information content (AvgIpc) is 1.80. The Morgan fingerprint density at radius 1 is 0.667 bits per heavy atom. The summed E-state index contributed by atoms with van der Waals surface area (Å²) in [4.78, 5) is 0. The lowest BCUT2D eigenvalue weighted by molar-refractivity contribution is -0.102. The molecule has 0 spiro atoms. The molecule has 0 nitrogen and oxygen atoms in total. The van der Waals surface area contributed by atoms with E-state index < -0.39 is 21.3 Å². The molecule has 0 aromatic carbocycles. The van der Waals surface area contributed by atoms with Gasteiger partial charge < -0.3 is 0 Å². The Kier molecular flexibility index (Phi) is 3.65. The summed E-state index contributed by atoms with van der Waals surface area (Å²) in [6.45, 7) is 0. The first-order valence-corrected chi connectivity index (χ1v) is 3.85. The fraction of sp³-hybridized carbons (Fsp3) is 0.500. The van der Waals surface area contributed by atoms with Crippen LogP contribution in [0.1, 0.15) is 0 Å². The molecule has 0 unspecified atom stereocenters. The number of rotatable bonds is 0. The maximum atomic E-state index is 11.6.